The highest BCUT2D eigenvalue weighted by Crippen LogP contribution is 2.53. The summed E-state index contributed by atoms with van der Waals surface area (Å²) in [5, 5.41) is 24.2. The third-order valence-corrected chi connectivity index (χ3v) is 7.35. The van der Waals surface area contributed by atoms with Gasteiger partial charge in [-0.3, -0.25) is 14.8 Å². The summed E-state index contributed by atoms with van der Waals surface area (Å²) in [6.07, 6.45) is 6.35. The van der Waals surface area contributed by atoms with E-state index in [1.165, 1.54) is 0 Å². The number of ether oxygens (including phenoxy) is 1. The van der Waals surface area contributed by atoms with Gasteiger partial charge in [0.2, 0.25) is 5.91 Å². The second-order valence-electron chi connectivity index (χ2n) is 11.2. The van der Waals surface area contributed by atoms with Gasteiger partial charge in [0, 0.05) is 12.8 Å². The summed E-state index contributed by atoms with van der Waals surface area (Å²) in [6, 6.07) is 9.36. The Labute approximate surface area is 227 Å². The number of alkyl carbamates (subject to hydrolysis) is 1. The molecule has 3 N–H and O–H groups in total. The summed E-state index contributed by atoms with van der Waals surface area (Å²) in [5.74, 6) is 1.09. The van der Waals surface area contributed by atoms with Crippen molar-refractivity contribution in [3.05, 3.63) is 53.9 Å². The molecule has 204 valence electrons. The van der Waals surface area contributed by atoms with Crippen molar-refractivity contribution in [2.24, 2.45) is 17.8 Å². The molecule has 3 aromatic heterocycles. The smallest absolute Gasteiger partial charge is 0.408 e. The van der Waals surface area contributed by atoms with E-state index in [0.29, 0.717) is 29.1 Å². The van der Waals surface area contributed by atoms with Crippen LogP contribution in [-0.4, -0.2) is 56.0 Å². The lowest BCUT2D eigenvalue weighted by atomic mass is 9.90. The predicted molar refractivity (Wildman–Crippen MR) is 146 cm³/mol. The monoisotopic (exact) mass is 530 g/mol. The minimum Gasteiger partial charge on any atom is -0.444 e. The largest absolute Gasteiger partial charge is 0.444 e. The van der Waals surface area contributed by atoms with Crippen LogP contribution in [0.5, 0.6) is 0 Å². The fourth-order valence-corrected chi connectivity index (χ4v) is 5.51. The maximum absolute atomic E-state index is 12.3. The number of aliphatic hydroxyl groups excluding tert-OH is 1. The molecule has 1 saturated carbocycles. The second-order valence-corrected chi connectivity index (χ2v) is 11.2. The van der Waals surface area contributed by atoms with Crippen molar-refractivity contribution < 1.29 is 19.4 Å². The van der Waals surface area contributed by atoms with Gasteiger partial charge in [-0.25, -0.2) is 4.79 Å². The van der Waals surface area contributed by atoms with E-state index in [2.05, 4.69) is 30.8 Å². The van der Waals surface area contributed by atoms with Gasteiger partial charge in [-0.05, 0) is 99.6 Å². The standard InChI is InChI=1S/C29H34N6O4/c1-29(2,3)39-28(38)32-15-25(37)33-17-7-12-24(31-14-17)27-21-11-9-19-18(22(19)16-36)8-10-20(21)26(34-35-27)23-6-4-5-13-30-23/h4-7,12-14,18-19,22,36H,8-11,15-16H2,1-3H3,(H,32,38)(H,33,37)/t18-,19+,22?/m0/s1. The molecule has 2 aliphatic rings. The van der Waals surface area contributed by atoms with E-state index in [4.69, 9.17) is 4.74 Å². The number of aromatic nitrogens is 4. The van der Waals surface area contributed by atoms with Crippen molar-refractivity contribution in [3.8, 4) is 22.8 Å². The first-order valence-electron chi connectivity index (χ1n) is 13.4. The summed E-state index contributed by atoms with van der Waals surface area (Å²) in [7, 11) is 0. The highest BCUT2D eigenvalue weighted by atomic mass is 16.6. The first kappa shape index (κ1) is 26.7. The number of hydrogen-bond acceptors (Lipinski definition) is 8. The zero-order valence-electron chi connectivity index (χ0n) is 22.5. The number of rotatable bonds is 6. The third-order valence-electron chi connectivity index (χ3n) is 7.35. The van der Waals surface area contributed by atoms with Crippen molar-refractivity contribution in [1.82, 2.24) is 25.5 Å². The van der Waals surface area contributed by atoms with Gasteiger partial charge in [0.1, 0.15) is 23.5 Å². The first-order valence-corrected chi connectivity index (χ1v) is 13.4. The molecular formula is C29H34N6O4. The molecule has 10 nitrogen and oxygen atoms in total. The molecule has 2 amide bonds. The molecule has 0 spiro atoms. The minimum absolute atomic E-state index is 0.221. The molecular weight excluding hydrogens is 496 g/mol. The lowest BCUT2D eigenvalue weighted by Crippen LogP contribution is -2.37. The molecule has 0 radical (unpaired) electrons. The molecule has 5 rings (SSSR count). The van der Waals surface area contributed by atoms with Gasteiger partial charge in [0.05, 0.1) is 23.3 Å². The van der Waals surface area contributed by atoms with Crippen LogP contribution in [0.1, 0.15) is 44.7 Å². The number of nitrogens with one attached hydrogen (secondary N) is 2. The van der Waals surface area contributed by atoms with E-state index >= 15 is 0 Å². The number of aliphatic hydroxyl groups is 1. The van der Waals surface area contributed by atoms with Gasteiger partial charge < -0.3 is 20.5 Å². The highest BCUT2D eigenvalue weighted by molar-refractivity contribution is 5.93. The van der Waals surface area contributed by atoms with Crippen LogP contribution in [0.15, 0.2) is 42.7 Å². The van der Waals surface area contributed by atoms with E-state index in [9.17, 15) is 14.7 Å². The van der Waals surface area contributed by atoms with E-state index in [1.54, 1.807) is 39.2 Å². The molecule has 0 saturated heterocycles. The molecule has 1 fully saturated rings. The summed E-state index contributed by atoms with van der Waals surface area (Å²) in [4.78, 5) is 33.2. The van der Waals surface area contributed by atoms with Gasteiger partial charge in [-0.1, -0.05) is 6.07 Å². The number of carbonyl (C=O) groups excluding carboxylic acids is 2. The van der Waals surface area contributed by atoms with Gasteiger partial charge in [0.25, 0.3) is 0 Å². The second kappa shape index (κ2) is 11.1. The average Bonchev–Trinajstić information content (AvgIpc) is 3.58. The topological polar surface area (TPSA) is 139 Å². The van der Waals surface area contributed by atoms with Crippen LogP contribution in [0.3, 0.4) is 0 Å². The lowest BCUT2D eigenvalue weighted by molar-refractivity contribution is -0.115. The van der Waals surface area contributed by atoms with Crippen LogP contribution >= 0.6 is 0 Å². The Bertz CT molecular complexity index is 1340. The molecule has 39 heavy (non-hydrogen) atoms. The van der Waals surface area contributed by atoms with E-state index in [0.717, 1.165) is 53.9 Å². The molecule has 0 aromatic carbocycles. The summed E-state index contributed by atoms with van der Waals surface area (Å²) in [6.45, 7) is 5.29. The Kier molecular flexibility index (Phi) is 7.56. The average molecular weight is 531 g/mol. The van der Waals surface area contributed by atoms with Crippen LogP contribution in [0.25, 0.3) is 22.8 Å². The highest BCUT2D eigenvalue weighted by Gasteiger charge is 2.49. The predicted octanol–water partition coefficient (Wildman–Crippen LogP) is 3.80. The van der Waals surface area contributed by atoms with Crippen molar-refractivity contribution in [2.75, 3.05) is 18.5 Å². The number of amides is 2. The van der Waals surface area contributed by atoms with Crippen molar-refractivity contribution >= 4 is 17.7 Å². The number of carbonyl (C=O) groups is 2. The van der Waals surface area contributed by atoms with E-state index in [1.807, 2.05) is 24.3 Å². The number of fused-ring (bicyclic) bond motifs is 2. The van der Waals surface area contributed by atoms with Crippen LogP contribution in [0.2, 0.25) is 0 Å². The fraction of sp³-hybridized carbons (Fsp3) is 0.448. The minimum atomic E-state index is -0.654. The summed E-state index contributed by atoms with van der Waals surface area (Å²) < 4.78 is 5.15. The van der Waals surface area contributed by atoms with Crippen molar-refractivity contribution in [2.45, 2.75) is 52.1 Å². The molecule has 10 heteroatoms. The Morgan fingerprint density at radius 3 is 2.18 bits per heavy atom. The van der Waals surface area contributed by atoms with Crippen LogP contribution in [0.4, 0.5) is 10.5 Å². The Morgan fingerprint density at radius 2 is 1.64 bits per heavy atom. The Morgan fingerprint density at radius 1 is 0.974 bits per heavy atom. The molecule has 2 aliphatic carbocycles. The quantitative estimate of drug-likeness (QED) is 0.437. The van der Waals surface area contributed by atoms with Gasteiger partial charge in [0.15, 0.2) is 0 Å². The first-order chi connectivity index (χ1) is 18.7. The van der Waals surface area contributed by atoms with E-state index < -0.39 is 17.6 Å². The van der Waals surface area contributed by atoms with E-state index in [-0.39, 0.29) is 13.2 Å². The fourth-order valence-electron chi connectivity index (χ4n) is 5.51. The number of nitrogens with zero attached hydrogens (tertiary/aromatic N) is 4. The Balaban J connectivity index is 1.35. The molecule has 0 aliphatic heterocycles. The molecule has 1 unspecified atom stereocenters. The lowest BCUT2D eigenvalue weighted by Gasteiger charge is -2.19. The van der Waals surface area contributed by atoms with Crippen molar-refractivity contribution in [3.63, 3.8) is 0 Å². The molecule has 3 atom stereocenters. The summed E-state index contributed by atoms with van der Waals surface area (Å²) >= 11 is 0. The number of anilines is 1. The zero-order valence-corrected chi connectivity index (χ0v) is 22.5. The van der Waals surface area contributed by atoms with Crippen LogP contribution in [-0.2, 0) is 22.4 Å². The van der Waals surface area contributed by atoms with Crippen molar-refractivity contribution in [1.29, 1.82) is 0 Å². The van der Waals surface area contributed by atoms with Gasteiger partial charge >= 0.3 is 6.09 Å². The maximum atomic E-state index is 12.3. The third kappa shape index (κ3) is 6.22. The summed E-state index contributed by atoms with van der Waals surface area (Å²) in [5.41, 5.74) is 5.13. The normalized spacial score (nSPS) is 20.1. The van der Waals surface area contributed by atoms with Gasteiger partial charge in [-0.2, -0.15) is 0 Å². The number of hydrogen-bond donors (Lipinski definition) is 3. The molecule has 3 heterocycles. The zero-order chi connectivity index (χ0) is 27.6. The number of pyridine rings is 2. The maximum Gasteiger partial charge on any atom is 0.408 e. The SMILES string of the molecule is CC(C)(C)OC(=O)NCC(=O)Nc1ccc(-c2nnc(-c3ccccn3)c3c2CC[C@H]2C(CO)[C@H]2CC3)nc1. The van der Waals surface area contributed by atoms with Gasteiger partial charge in [-0.15, -0.1) is 10.2 Å². The molecule has 3 aromatic rings. The van der Waals surface area contributed by atoms with Crippen LogP contribution < -0.4 is 10.6 Å². The Hall–Kier alpha value is -3.92. The molecule has 0 bridgehead atoms. The van der Waals surface area contributed by atoms with Crippen LogP contribution in [0, 0.1) is 17.8 Å².